The van der Waals surface area contributed by atoms with Gasteiger partial charge in [-0.3, -0.25) is 4.79 Å². The number of nitrogens with one attached hydrogen (secondary N) is 1. The molecule has 4 fully saturated rings. The van der Waals surface area contributed by atoms with Crippen molar-refractivity contribution in [1.29, 1.82) is 0 Å². The van der Waals surface area contributed by atoms with Crippen molar-refractivity contribution in [1.82, 2.24) is 5.32 Å². The van der Waals surface area contributed by atoms with Crippen LogP contribution < -0.4 is 5.32 Å². The Morgan fingerprint density at radius 3 is 1.57 bits per heavy atom. The molecule has 21 nitrogen and oxygen atoms in total. The van der Waals surface area contributed by atoms with E-state index in [9.17, 15) is 66.1 Å². The standard InChI is InChI=1S/C26H45NO20/c1-6-12(32)16(36)18(38)24(41-6)47-22-21(46-25-19(39)17(37)13(33)8(3-28)43-25)15(35)10(5-30)44-26(22)45-20-11(27-7(2)31)23(40)42-9(4-29)14(20)34/h6,8-26,28-30,32-40H,3-5H2,1-2H3,(H,27,31)/t6-,8+,9+,10+,11+,12+,13-,14+,15-,16+,17-,18-,19+,20+,21-,22+,23+,24+,25+,26-/m0/s1. The minimum absolute atomic E-state index is 0.703. The fourth-order valence-corrected chi connectivity index (χ4v) is 5.86. The molecule has 0 aromatic carbocycles. The Morgan fingerprint density at radius 1 is 0.553 bits per heavy atom. The van der Waals surface area contributed by atoms with E-state index in [-0.39, 0.29) is 0 Å². The summed E-state index contributed by atoms with van der Waals surface area (Å²) in [5.74, 6) is -0.703. The van der Waals surface area contributed by atoms with Crippen LogP contribution >= 0.6 is 0 Å². The number of aliphatic hydroxyl groups excluding tert-OH is 12. The van der Waals surface area contributed by atoms with Crippen molar-refractivity contribution in [2.45, 2.75) is 137 Å². The smallest absolute Gasteiger partial charge is 0.217 e. The fourth-order valence-electron chi connectivity index (χ4n) is 5.86. The van der Waals surface area contributed by atoms with E-state index in [1.165, 1.54) is 6.92 Å². The van der Waals surface area contributed by atoms with E-state index in [1.54, 1.807) is 0 Å². The molecule has 0 radical (unpaired) electrons. The van der Waals surface area contributed by atoms with E-state index in [0.717, 1.165) is 6.92 Å². The molecule has 4 aliphatic heterocycles. The number of amides is 1. The topological polar surface area (TPSA) is 336 Å². The van der Waals surface area contributed by atoms with Crippen LogP contribution in [0.4, 0.5) is 0 Å². The summed E-state index contributed by atoms with van der Waals surface area (Å²) in [6, 6.07) is -1.52. The van der Waals surface area contributed by atoms with Gasteiger partial charge in [0.1, 0.15) is 91.5 Å². The molecule has 4 saturated heterocycles. The minimum atomic E-state index is -1.99. The molecule has 0 saturated carbocycles. The van der Waals surface area contributed by atoms with Crippen molar-refractivity contribution in [3.8, 4) is 0 Å². The first kappa shape index (κ1) is 38.5. The molecule has 0 aromatic rings. The Balaban J connectivity index is 1.73. The number of carbonyl (C=O) groups is 1. The number of ether oxygens (including phenoxy) is 7. The van der Waals surface area contributed by atoms with Gasteiger partial charge in [0.25, 0.3) is 0 Å². The molecule has 0 aliphatic carbocycles. The van der Waals surface area contributed by atoms with Gasteiger partial charge in [0.15, 0.2) is 25.2 Å². The average Bonchev–Trinajstić information content (AvgIpc) is 3.04. The van der Waals surface area contributed by atoms with Crippen LogP contribution in [0.25, 0.3) is 0 Å². The van der Waals surface area contributed by atoms with Crippen molar-refractivity contribution in [3.05, 3.63) is 0 Å². The van der Waals surface area contributed by atoms with Crippen LogP contribution in [0.1, 0.15) is 13.8 Å². The van der Waals surface area contributed by atoms with Gasteiger partial charge in [-0.1, -0.05) is 0 Å². The molecule has 0 unspecified atom stereocenters. The van der Waals surface area contributed by atoms with Crippen LogP contribution in [0, 0.1) is 0 Å². The number of aliphatic hydroxyl groups is 12. The number of carbonyl (C=O) groups excluding carboxylic acids is 1. The van der Waals surface area contributed by atoms with E-state index in [0.29, 0.717) is 0 Å². The molecule has 0 aromatic heterocycles. The predicted octanol–water partition coefficient (Wildman–Crippen LogP) is -8.58. The fraction of sp³-hybridized carbons (Fsp3) is 0.962. The first-order chi connectivity index (χ1) is 22.1. The normalized spacial score (nSPS) is 51.0. The molecule has 20 atom stereocenters. The van der Waals surface area contributed by atoms with Gasteiger partial charge in [0.05, 0.1) is 25.9 Å². The first-order valence-corrected chi connectivity index (χ1v) is 15.0. The van der Waals surface area contributed by atoms with Crippen LogP contribution in [-0.4, -0.2) is 210 Å². The van der Waals surface area contributed by atoms with Crippen LogP contribution in [0.15, 0.2) is 0 Å². The summed E-state index contributed by atoms with van der Waals surface area (Å²) >= 11 is 0. The van der Waals surface area contributed by atoms with E-state index in [4.69, 9.17) is 33.2 Å². The number of hydrogen-bond donors (Lipinski definition) is 13. The van der Waals surface area contributed by atoms with Crippen LogP contribution in [0.5, 0.6) is 0 Å². The van der Waals surface area contributed by atoms with E-state index >= 15 is 0 Å². The zero-order chi connectivity index (χ0) is 34.9. The molecular formula is C26H45NO20. The Bertz CT molecular complexity index is 1010. The second-order valence-corrected chi connectivity index (χ2v) is 11.9. The molecule has 47 heavy (non-hydrogen) atoms. The van der Waals surface area contributed by atoms with Gasteiger partial charge in [0, 0.05) is 6.92 Å². The third-order valence-electron chi connectivity index (χ3n) is 8.57. The summed E-state index contributed by atoms with van der Waals surface area (Å²) in [4.78, 5) is 12.0. The molecule has 4 rings (SSSR count). The summed E-state index contributed by atoms with van der Waals surface area (Å²) in [5.41, 5.74) is 0. The molecule has 0 spiro atoms. The third kappa shape index (κ3) is 8.04. The SMILES string of the molecule is CC(=O)N[C@@H]1[C@@H](O[C@@H]2O[C@H](CO)[C@H](O)[C@H](O[C@H]3O[C@H](CO)[C@H](O)[C@H](O)[C@H]3O)[C@H]2O[C@H]2O[C@@H](C)[C@@H](O)[C@@H](O)[C@@H]2O)[C@H](O)[C@@H](CO)O[C@H]1O. The van der Waals surface area contributed by atoms with Gasteiger partial charge in [-0.2, -0.15) is 0 Å². The zero-order valence-corrected chi connectivity index (χ0v) is 25.3. The van der Waals surface area contributed by atoms with Crippen molar-refractivity contribution in [3.63, 3.8) is 0 Å². The summed E-state index contributed by atoms with van der Waals surface area (Å²) in [7, 11) is 0. The molecule has 274 valence electrons. The highest BCUT2D eigenvalue weighted by Crippen LogP contribution is 2.35. The maximum absolute atomic E-state index is 12.0. The maximum atomic E-state index is 12.0. The molecule has 4 heterocycles. The Labute approximate surface area is 267 Å². The average molecular weight is 692 g/mol. The highest BCUT2D eigenvalue weighted by Gasteiger charge is 2.56. The van der Waals surface area contributed by atoms with Gasteiger partial charge in [-0.05, 0) is 6.92 Å². The summed E-state index contributed by atoms with van der Waals surface area (Å²) in [5, 5.41) is 127. The number of rotatable bonds is 10. The van der Waals surface area contributed by atoms with Crippen molar-refractivity contribution in [2.24, 2.45) is 0 Å². The van der Waals surface area contributed by atoms with E-state index in [2.05, 4.69) is 5.32 Å². The van der Waals surface area contributed by atoms with Gasteiger partial charge in [-0.15, -0.1) is 0 Å². The quantitative estimate of drug-likeness (QED) is 0.101. The van der Waals surface area contributed by atoms with Gasteiger partial charge < -0.3 is 99.8 Å². The van der Waals surface area contributed by atoms with Crippen LogP contribution in [0.3, 0.4) is 0 Å². The molecular weight excluding hydrogens is 646 g/mol. The lowest BCUT2D eigenvalue weighted by atomic mass is 9.94. The van der Waals surface area contributed by atoms with E-state index < -0.39 is 148 Å². The molecule has 4 aliphatic rings. The maximum Gasteiger partial charge on any atom is 0.217 e. The lowest BCUT2D eigenvalue weighted by Crippen LogP contribution is -2.69. The van der Waals surface area contributed by atoms with Crippen molar-refractivity contribution >= 4 is 5.91 Å². The molecule has 1 amide bonds. The van der Waals surface area contributed by atoms with Crippen LogP contribution in [-0.2, 0) is 38.0 Å². The highest BCUT2D eigenvalue weighted by molar-refractivity contribution is 5.73. The lowest BCUT2D eigenvalue weighted by molar-refractivity contribution is -0.400. The summed E-state index contributed by atoms with van der Waals surface area (Å²) in [6.07, 6.45) is -33.2. The zero-order valence-electron chi connectivity index (χ0n) is 25.3. The monoisotopic (exact) mass is 691 g/mol. The van der Waals surface area contributed by atoms with E-state index in [1.807, 2.05) is 0 Å². The molecule has 21 heteroatoms. The third-order valence-corrected chi connectivity index (χ3v) is 8.57. The molecule has 0 bridgehead atoms. The van der Waals surface area contributed by atoms with Crippen molar-refractivity contribution in [2.75, 3.05) is 19.8 Å². The lowest BCUT2D eigenvalue weighted by Gasteiger charge is -2.50. The highest BCUT2D eigenvalue weighted by atomic mass is 16.8. The predicted molar refractivity (Wildman–Crippen MR) is 144 cm³/mol. The van der Waals surface area contributed by atoms with Gasteiger partial charge >= 0.3 is 0 Å². The second kappa shape index (κ2) is 16.2. The molecule has 13 N–H and O–H groups in total. The van der Waals surface area contributed by atoms with Gasteiger partial charge in [-0.25, -0.2) is 0 Å². The van der Waals surface area contributed by atoms with Crippen LogP contribution in [0.2, 0.25) is 0 Å². The minimum Gasteiger partial charge on any atom is -0.394 e. The summed E-state index contributed by atoms with van der Waals surface area (Å²) < 4.78 is 39.5. The van der Waals surface area contributed by atoms with Crippen molar-refractivity contribution < 1.29 is 99.2 Å². The Morgan fingerprint density at radius 2 is 1.00 bits per heavy atom. The largest absolute Gasteiger partial charge is 0.394 e. The first-order valence-electron chi connectivity index (χ1n) is 15.0. The number of hydrogen-bond acceptors (Lipinski definition) is 20. The Kier molecular flexibility index (Phi) is 13.2. The van der Waals surface area contributed by atoms with Gasteiger partial charge in [0.2, 0.25) is 5.91 Å². The Hall–Kier alpha value is -1.29. The second-order valence-electron chi connectivity index (χ2n) is 11.9. The summed E-state index contributed by atoms with van der Waals surface area (Å²) in [6.45, 7) is -0.153.